The summed E-state index contributed by atoms with van der Waals surface area (Å²) >= 11 is 0. The fourth-order valence-corrected chi connectivity index (χ4v) is 6.82. The van der Waals surface area contributed by atoms with Gasteiger partial charge in [0.1, 0.15) is 6.61 Å². The quantitative estimate of drug-likeness (QED) is 0.0347. The summed E-state index contributed by atoms with van der Waals surface area (Å²) in [7, 11) is 0. The first kappa shape index (κ1) is 58.8. The standard InChI is InChI=1S/C57H96O5/c1-4-7-10-13-16-19-22-24-26-27-28-29-30-32-34-37-40-43-46-49-52-60-53-55(62-57(59)51-48-45-42-39-35-21-18-15-12-9-6-3)54-61-56(58)50-47-44-41-38-36-33-31-25-23-20-17-14-11-8-5-2/h8,11,16-17,19-20,24-26,28-29,31,36,38,44,47,55H,4-7,9-10,12-15,18,21-23,27,30,32-35,37,39-43,45-46,48-54H2,1-3H3/b11-8-,19-16-,20-17-,26-24-,29-28-,31-25-,38-36-,47-44-. The second-order valence-corrected chi connectivity index (χ2v) is 16.7. The molecule has 0 aromatic carbocycles. The lowest BCUT2D eigenvalue weighted by Gasteiger charge is -2.18. The number of allylic oxidation sites excluding steroid dienone is 15. The van der Waals surface area contributed by atoms with Gasteiger partial charge in [0.2, 0.25) is 0 Å². The minimum atomic E-state index is -0.583. The van der Waals surface area contributed by atoms with Crippen LogP contribution in [0.3, 0.4) is 0 Å². The summed E-state index contributed by atoms with van der Waals surface area (Å²) in [6.07, 6.45) is 70.1. The Kier molecular flexibility index (Phi) is 49.5. The van der Waals surface area contributed by atoms with E-state index in [1.807, 2.05) is 12.2 Å². The van der Waals surface area contributed by atoms with Crippen LogP contribution in [0.2, 0.25) is 0 Å². The van der Waals surface area contributed by atoms with Crippen molar-refractivity contribution in [3.05, 3.63) is 97.2 Å². The zero-order chi connectivity index (χ0) is 44.9. The first-order chi connectivity index (χ1) is 30.6. The summed E-state index contributed by atoms with van der Waals surface area (Å²) in [5.74, 6) is -0.551. The van der Waals surface area contributed by atoms with Crippen molar-refractivity contribution in [3.63, 3.8) is 0 Å². The minimum absolute atomic E-state index is 0.0241. The van der Waals surface area contributed by atoms with Crippen LogP contribution in [-0.4, -0.2) is 37.9 Å². The molecule has 0 aliphatic heterocycles. The van der Waals surface area contributed by atoms with Crippen LogP contribution in [0.1, 0.15) is 226 Å². The van der Waals surface area contributed by atoms with Gasteiger partial charge in [-0.05, 0) is 83.5 Å². The lowest BCUT2D eigenvalue weighted by atomic mass is 10.1. The highest BCUT2D eigenvalue weighted by Gasteiger charge is 2.17. The van der Waals surface area contributed by atoms with E-state index in [-0.39, 0.29) is 31.6 Å². The summed E-state index contributed by atoms with van der Waals surface area (Å²) in [5.41, 5.74) is 0. The lowest BCUT2D eigenvalue weighted by Crippen LogP contribution is -2.30. The normalized spacial score (nSPS) is 13.0. The number of esters is 2. The highest BCUT2D eigenvalue weighted by atomic mass is 16.6. The van der Waals surface area contributed by atoms with Crippen LogP contribution in [0.25, 0.3) is 0 Å². The van der Waals surface area contributed by atoms with Crippen LogP contribution >= 0.6 is 0 Å². The molecule has 0 bridgehead atoms. The van der Waals surface area contributed by atoms with E-state index in [9.17, 15) is 9.59 Å². The van der Waals surface area contributed by atoms with E-state index >= 15 is 0 Å². The number of carbonyl (C=O) groups is 2. The maximum Gasteiger partial charge on any atom is 0.309 e. The fourth-order valence-electron chi connectivity index (χ4n) is 6.82. The number of unbranched alkanes of at least 4 members (excludes halogenated alkanes) is 20. The van der Waals surface area contributed by atoms with Crippen molar-refractivity contribution in [2.45, 2.75) is 232 Å². The molecule has 0 amide bonds. The molecule has 0 aromatic heterocycles. The van der Waals surface area contributed by atoms with Crippen LogP contribution in [0, 0.1) is 0 Å². The van der Waals surface area contributed by atoms with E-state index in [1.165, 1.54) is 116 Å². The third kappa shape index (κ3) is 49.5. The van der Waals surface area contributed by atoms with Crippen LogP contribution in [-0.2, 0) is 23.8 Å². The molecule has 0 radical (unpaired) electrons. The van der Waals surface area contributed by atoms with Gasteiger partial charge >= 0.3 is 11.9 Å². The second-order valence-electron chi connectivity index (χ2n) is 16.7. The Morgan fingerprint density at radius 3 is 1.27 bits per heavy atom. The molecular weight excluding hydrogens is 765 g/mol. The summed E-state index contributed by atoms with van der Waals surface area (Å²) in [6, 6.07) is 0. The molecule has 0 fully saturated rings. The third-order valence-corrected chi connectivity index (χ3v) is 10.6. The van der Waals surface area contributed by atoms with Gasteiger partial charge in [-0.25, -0.2) is 0 Å². The molecule has 1 atom stereocenters. The summed E-state index contributed by atoms with van der Waals surface area (Å²) in [5, 5.41) is 0. The van der Waals surface area contributed by atoms with Crippen molar-refractivity contribution in [1.82, 2.24) is 0 Å². The molecule has 0 aliphatic carbocycles. The zero-order valence-electron chi connectivity index (χ0n) is 40.6. The predicted octanol–water partition coefficient (Wildman–Crippen LogP) is 17.5. The zero-order valence-corrected chi connectivity index (χ0v) is 40.6. The Morgan fingerprint density at radius 2 is 0.774 bits per heavy atom. The van der Waals surface area contributed by atoms with Gasteiger partial charge in [0, 0.05) is 13.0 Å². The predicted molar refractivity (Wildman–Crippen MR) is 270 cm³/mol. The van der Waals surface area contributed by atoms with E-state index in [1.54, 1.807) is 0 Å². The van der Waals surface area contributed by atoms with E-state index in [0.29, 0.717) is 13.0 Å². The molecule has 0 heterocycles. The molecular formula is C57H96O5. The van der Waals surface area contributed by atoms with Crippen molar-refractivity contribution in [2.75, 3.05) is 19.8 Å². The number of ether oxygens (including phenoxy) is 3. The highest BCUT2D eigenvalue weighted by Crippen LogP contribution is 2.14. The Labute approximate surface area is 383 Å². The first-order valence-corrected chi connectivity index (χ1v) is 25.8. The molecule has 0 rings (SSSR count). The van der Waals surface area contributed by atoms with Gasteiger partial charge < -0.3 is 14.2 Å². The first-order valence-electron chi connectivity index (χ1n) is 25.8. The number of carbonyl (C=O) groups excluding carboxylic acids is 2. The van der Waals surface area contributed by atoms with Crippen molar-refractivity contribution >= 4 is 11.9 Å². The molecule has 0 saturated heterocycles. The summed E-state index contributed by atoms with van der Waals surface area (Å²) in [6.45, 7) is 7.55. The maximum atomic E-state index is 12.8. The van der Waals surface area contributed by atoms with Gasteiger partial charge in [0.25, 0.3) is 0 Å². The third-order valence-electron chi connectivity index (χ3n) is 10.6. The van der Waals surface area contributed by atoms with Crippen LogP contribution < -0.4 is 0 Å². The largest absolute Gasteiger partial charge is 0.461 e. The lowest BCUT2D eigenvalue weighted by molar-refractivity contribution is -0.162. The molecule has 0 N–H and O–H groups in total. The van der Waals surface area contributed by atoms with E-state index in [4.69, 9.17) is 14.2 Å². The van der Waals surface area contributed by atoms with Crippen molar-refractivity contribution in [2.24, 2.45) is 0 Å². The van der Waals surface area contributed by atoms with Gasteiger partial charge in [-0.15, -0.1) is 0 Å². The molecule has 0 saturated carbocycles. The SMILES string of the molecule is CC/C=C\C/C=C\C/C=C\C/C=C\C/C=C\CC(=O)OCC(COCCCCCCCCC/C=C\C/C=C\C/C=C\CCCCC)OC(=O)CCCCCCCCCCCCC. The molecule has 0 spiro atoms. The molecule has 5 heteroatoms. The van der Waals surface area contributed by atoms with Crippen LogP contribution in [0.5, 0.6) is 0 Å². The topological polar surface area (TPSA) is 61.8 Å². The van der Waals surface area contributed by atoms with Gasteiger partial charge in [0.05, 0.1) is 13.0 Å². The Morgan fingerprint density at radius 1 is 0.387 bits per heavy atom. The summed E-state index contributed by atoms with van der Waals surface area (Å²) < 4.78 is 17.3. The molecule has 354 valence electrons. The van der Waals surface area contributed by atoms with Crippen molar-refractivity contribution < 1.29 is 23.8 Å². The van der Waals surface area contributed by atoms with E-state index in [0.717, 1.165) is 77.0 Å². The Hall–Kier alpha value is -3.18. The van der Waals surface area contributed by atoms with E-state index < -0.39 is 6.10 Å². The Bertz CT molecular complexity index is 1200. The monoisotopic (exact) mass is 861 g/mol. The fraction of sp³-hybridized carbons (Fsp3) is 0.684. The van der Waals surface area contributed by atoms with Gasteiger partial charge in [0.15, 0.2) is 6.10 Å². The van der Waals surface area contributed by atoms with Gasteiger partial charge in [-0.3, -0.25) is 9.59 Å². The number of hydrogen-bond donors (Lipinski definition) is 0. The average Bonchev–Trinajstić information content (AvgIpc) is 3.27. The van der Waals surface area contributed by atoms with Crippen LogP contribution in [0.15, 0.2) is 97.2 Å². The van der Waals surface area contributed by atoms with Gasteiger partial charge in [-0.1, -0.05) is 227 Å². The number of hydrogen-bond acceptors (Lipinski definition) is 5. The smallest absolute Gasteiger partial charge is 0.309 e. The second kappa shape index (κ2) is 52.2. The summed E-state index contributed by atoms with van der Waals surface area (Å²) in [4.78, 5) is 25.3. The van der Waals surface area contributed by atoms with E-state index in [2.05, 4.69) is 106 Å². The average molecular weight is 861 g/mol. The minimum Gasteiger partial charge on any atom is -0.461 e. The molecule has 5 nitrogen and oxygen atoms in total. The molecule has 0 aliphatic rings. The maximum absolute atomic E-state index is 12.8. The molecule has 1 unspecified atom stereocenters. The number of rotatable bonds is 46. The molecule has 62 heavy (non-hydrogen) atoms. The highest BCUT2D eigenvalue weighted by molar-refractivity contribution is 5.71. The molecule has 0 aromatic rings. The Balaban J connectivity index is 4.36. The van der Waals surface area contributed by atoms with Crippen molar-refractivity contribution in [3.8, 4) is 0 Å². The van der Waals surface area contributed by atoms with Crippen LogP contribution in [0.4, 0.5) is 0 Å². The van der Waals surface area contributed by atoms with Crippen molar-refractivity contribution in [1.29, 1.82) is 0 Å². The van der Waals surface area contributed by atoms with Gasteiger partial charge in [-0.2, -0.15) is 0 Å².